The maximum absolute atomic E-state index is 12.5. The van der Waals surface area contributed by atoms with Crippen LogP contribution in [0, 0.1) is 34.5 Å². The van der Waals surface area contributed by atoms with Crippen LogP contribution in [0.4, 0.5) is 4.79 Å². The van der Waals surface area contributed by atoms with E-state index in [1.54, 1.807) is 11.6 Å². The van der Waals surface area contributed by atoms with Gasteiger partial charge in [0.25, 0.3) is 0 Å². The van der Waals surface area contributed by atoms with E-state index in [0.29, 0.717) is 36.4 Å². The normalized spacial score (nSPS) is 42.1. The topological polar surface area (TPSA) is 67.9 Å². The Kier molecular flexibility index (Phi) is 6.46. The standard InChI is InChI=1S/C30H44N2O4/c1-29-11-9-22(31-28(34)35-16-15-32-13-3-4-14-32)18-21(29)5-6-23-25-8-7-24(20-17-27(33)36-19-20)30(25,2)12-10-26(23)29/h8,17,21-24,26H,3-7,9-16,18-19H2,1-2H3,(H,31,34)/t21-,22+,23+,24-,26+,29+,30-/m1/s1. The van der Waals surface area contributed by atoms with Gasteiger partial charge in [-0.2, -0.15) is 0 Å². The first kappa shape index (κ1) is 24.5. The van der Waals surface area contributed by atoms with Crippen LogP contribution < -0.4 is 5.32 Å². The van der Waals surface area contributed by atoms with Gasteiger partial charge in [-0.05, 0) is 117 Å². The number of cyclic esters (lactones) is 1. The average Bonchev–Trinajstić information content (AvgIpc) is 3.59. The van der Waals surface area contributed by atoms with Crippen LogP contribution in [0.15, 0.2) is 23.3 Å². The van der Waals surface area contributed by atoms with Crippen molar-refractivity contribution in [2.24, 2.45) is 34.5 Å². The molecule has 6 nitrogen and oxygen atoms in total. The van der Waals surface area contributed by atoms with Crippen molar-refractivity contribution >= 4 is 12.1 Å². The predicted octanol–water partition coefficient (Wildman–Crippen LogP) is 5.24. The Balaban J connectivity index is 1.06. The Morgan fingerprint density at radius 2 is 2.00 bits per heavy atom. The molecular formula is C30H44N2O4. The third-order valence-electron chi connectivity index (χ3n) is 11.4. The predicted molar refractivity (Wildman–Crippen MR) is 138 cm³/mol. The van der Waals surface area contributed by atoms with Crippen molar-refractivity contribution in [3.63, 3.8) is 0 Å². The van der Waals surface area contributed by atoms with E-state index < -0.39 is 0 Å². The van der Waals surface area contributed by atoms with Crippen LogP contribution in [0.3, 0.4) is 0 Å². The summed E-state index contributed by atoms with van der Waals surface area (Å²) in [6.45, 7) is 9.13. The summed E-state index contributed by atoms with van der Waals surface area (Å²) in [4.78, 5) is 26.6. The number of ether oxygens (including phenoxy) is 2. The summed E-state index contributed by atoms with van der Waals surface area (Å²) in [5.41, 5.74) is 3.44. The molecule has 0 radical (unpaired) electrons. The van der Waals surface area contributed by atoms with E-state index in [2.05, 4.69) is 30.1 Å². The monoisotopic (exact) mass is 496 g/mol. The van der Waals surface area contributed by atoms with E-state index in [-0.39, 0.29) is 23.5 Å². The molecule has 0 aromatic carbocycles. The molecule has 0 aromatic heterocycles. The fraction of sp³-hybridized carbons (Fsp3) is 0.800. The number of fused-ring (bicyclic) bond motifs is 5. The number of carbonyl (C=O) groups is 2. The average molecular weight is 497 g/mol. The molecular weight excluding hydrogens is 452 g/mol. The second-order valence-corrected chi connectivity index (χ2v) is 13.0. The fourth-order valence-electron chi connectivity index (χ4n) is 9.35. The number of hydrogen-bond donors (Lipinski definition) is 1. The summed E-state index contributed by atoms with van der Waals surface area (Å²) in [6.07, 6.45) is 16.0. The lowest BCUT2D eigenvalue weighted by molar-refractivity contribution is -0.135. The van der Waals surface area contributed by atoms with E-state index >= 15 is 0 Å². The summed E-state index contributed by atoms with van der Waals surface area (Å²) in [6, 6.07) is 0.245. The molecule has 1 amide bonds. The molecule has 4 aliphatic carbocycles. The van der Waals surface area contributed by atoms with Crippen molar-refractivity contribution < 1.29 is 19.1 Å². The first-order valence-corrected chi connectivity index (χ1v) is 14.6. The highest BCUT2D eigenvalue weighted by Crippen LogP contribution is 2.66. The second-order valence-electron chi connectivity index (χ2n) is 13.0. The number of esters is 1. The van der Waals surface area contributed by atoms with Crippen LogP contribution >= 0.6 is 0 Å². The molecule has 6 rings (SSSR count). The molecule has 4 fully saturated rings. The Morgan fingerprint density at radius 1 is 1.17 bits per heavy atom. The van der Waals surface area contributed by atoms with Crippen molar-refractivity contribution in [3.8, 4) is 0 Å². The minimum absolute atomic E-state index is 0.162. The molecule has 0 bridgehead atoms. The number of carbonyl (C=O) groups excluding carboxylic acids is 2. The summed E-state index contributed by atoms with van der Waals surface area (Å²) >= 11 is 0. The Bertz CT molecular complexity index is 953. The molecule has 1 N–H and O–H groups in total. The first-order valence-electron chi connectivity index (χ1n) is 14.6. The lowest BCUT2D eigenvalue weighted by Gasteiger charge is -2.60. The highest BCUT2D eigenvalue weighted by atomic mass is 16.5. The van der Waals surface area contributed by atoms with Gasteiger partial charge in [0.15, 0.2) is 0 Å². The number of allylic oxidation sites excluding steroid dienone is 2. The largest absolute Gasteiger partial charge is 0.458 e. The molecule has 198 valence electrons. The third kappa shape index (κ3) is 4.21. The van der Waals surface area contributed by atoms with Crippen molar-refractivity contribution in [1.82, 2.24) is 10.2 Å². The maximum Gasteiger partial charge on any atom is 0.407 e. The number of nitrogens with one attached hydrogen (secondary N) is 1. The van der Waals surface area contributed by atoms with Gasteiger partial charge >= 0.3 is 12.1 Å². The zero-order valence-electron chi connectivity index (χ0n) is 22.2. The molecule has 6 heteroatoms. The van der Waals surface area contributed by atoms with Crippen molar-refractivity contribution in [3.05, 3.63) is 23.3 Å². The van der Waals surface area contributed by atoms with E-state index in [1.807, 2.05) is 0 Å². The number of rotatable bonds is 5. The van der Waals surface area contributed by atoms with Crippen LogP contribution in [0.2, 0.25) is 0 Å². The number of amides is 1. The van der Waals surface area contributed by atoms with E-state index in [4.69, 9.17) is 9.47 Å². The fourth-order valence-corrected chi connectivity index (χ4v) is 9.35. The summed E-state index contributed by atoms with van der Waals surface area (Å²) < 4.78 is 10.8. The highest BCUT2D eigenvalue weighted by Gasteiger charge is 2.58. The molecule has 7 atom stereocenters. The van der Waals surface area contributed by atoms with Crippen LogP contribution in [-0.2, 0) is 14.3 Å². The quantitative estimate of drug-likeness (QED) is 0.417. The van der Waals surface area contributed by atoms with Gasteiger partial charge in [-0.15, -0.1) is 0 Å². The summed E-state index contributed by atoms with van der Waals surface area (Å²) in [7, 11) is 0. The second kappa shape index (κ2) is 9.49. The molecule has 0 aromatic rings. The summed E-state index contributed by atoms with van der Waals surface area (Å²) in [5.74, 6) is 2.35. The van der Waals surface area contributed by atoms with Gasteiger partial charge in [-0.1, -0.05) is 25.5 Å². The molecule has 2 heterocycles. The van der Waals surface area contributed by atoms with Gasteiger partial charge in [0.1, 0.15) is 13.2 Å². The van der Waals surface area contributed by atoms with E-state index in [1.165, 1.54) is 50.5 Å². The van der Waals surface area contributed by atoms with Crippen LogP contribution in [-0.4, -0.2) is 55.9 Å². The van der Waals surface area contributed by atoms with Crippen LogP contribution in [0.25, 0.3) is 0 Å². The molecule has 2 aliphatic heterocycles. The highest BCUT2D eigenvalue weighted by molar-refractivity contribution is 5.85. The van der Waals surface area contributed by atoms with Gasteiger partial charge in [0.2, 0.25) is 0 Å². The van der Waals surface area contributed by atoms with Crippen LogP contribution in [0.5, 0.6) is 0 Å². The van der Waals surface area contributed by atoms with Crippen molar-refractivity contribution in [1.29, 1.82) is 0 Å². The molecule has 36 heavy (non-hydrogen) atoms. The molecule has 3 saturated carbocycles. The third-order valence-corrected chi connectivity index (χ3v) is 11.4. The first-order chi connectivity index (χ1) is 17.4. The van der Waals surface area contributed by atoms with E-state index in [0.717, 1.165) is 44.8 Å². The number of nitrogens with zero attached hydrogens (tertiary/aromatic N) is 1. The Hall–Kier alpha value is -1.82. The SMILES string of the molecule is C[C@]12CC[C@H](NC(=O)OCCN3CCCC3)C[C@H]1CC[C@H]1C3=CC[C@H](C4=CC(=O)OC4)[C@@]3(C)CC[C@@H]12. The number of hydrogen-bond acceptors (Lipinski definition) is 5. The minimum atomic E-state index is -0.226. The van der Waals surface area contributed by atoms with Gasteiger partial charge in [-0.3, -0.25) is 4.90 Å². The van der Waals surface area contributed by atoms with Gasteiger partial charge in [0, 0.05) is 18.7 Å². The molecule has 0 unspecified atom stereocenters. The van der Waals surface area contributed by atoms with Gasteiger partial charge in [0.05, 0.1) is 0 Å². The van der Waals surface area contributed by atoms with Crippen molar-refractivity contribution in [2.45, 2.75) is 84.1 Å². The Morgan fingerprint density at radius 3 is 2.78 bits per heavy atom. The maximum atomic E-state index is 12.5. The number of likely N-dealkylation sites (tertiary alicyclic amines) is 1. The van der Waals surface area contributed by atoms with Crippen molar-refractivity contribution in [2.75, 3.05) is 32.8 Å². The minimum Gasteiger partial charge on any atom is -0.458 e. The zero-order valence-corrected chi connectivity index (χ0v) is 22.2. The lowest BCUT2D eigenvalue weighted by atomic mass is 9.45. The zero-order chi connectivity index (χ0) is 24.9. The Labute approximate surface area is 216 Å². The summed E-state index contributed by atoms with van der Waals surface area (Å²) in [5, 5.41) is 3.21. The van der Waals surface area contributed by atoms with Gasteiger partial charge in [-0.25, -0.2) is 9.59 Å². The smallest absolute Gasteiger partial charge is 0.407 e. The van der Waals surface area contributed by atoms with Gasteiger partial charge < -0.3 is 14.8 Å². The molecule has 6 aliphatic rings. The molecule has 1 saturated heterocycles. The van der Waals surface area contributed by atoms with E-state index in [9.17, 15) is 9.59 Å². The lowest BCUT2D eigenvalue weighted by Crippen LogP contribution is -2.54. The van der Waals surface area contributed by atoms with Crippen LogP contribution in [0.1, 0.15) is 78.1 Å². The number of alkyl carbamates (subject to hydrolysis) is 1. The molecule has 0 spiro atoms.